The highest BCUT2D eigenvalue weighted by atomic mass is 35.5. The molecule has 0 bridgehead atoms. The third kappa shape index (κ3) is 4.39. The highest BCUT2D eigenvalue weighted by Crippen LogP contribution is 2.35. The fourth-order valence-electron chi connectivity index (χ4n) is 3.45. The maximum Gasteiger partial charge on any atom is 0.263 e. The lowest BCUT2D eigenvalue weighted by molar-refractivity contribution is 0.0955. The predicted octanol–water partition coefficient (Wildman–Crippen LogP) is 4.23. The number of hydrogen-bond acceptors (Lipinski definition) is 4. The first-order valence-electron chi connectivity index (χ1n) is 9.54. The van der Waals surface area contributed by atoms with Gasteiger partial charge in [-0.1, -0.05) is 54.1 Å². The third-order valence-corrected chi connectivity index (χ3v) is 6.89. The second kappa shape index (κ2) is 8.62. The molecular weight excluding hydrogens is 390 g/mol. The van der Waals surface area contributed by atoms with Gasteiger partial charge >= 0.3 is 0 Å². The van der Waals surface area contributed by atoms with Crippen molar-refractivity contribution >= 4 is 38.9 Å². The van der Waals surface area contributed by atoms with Crippen LogP contribution in [0, 0.1) is 0 Å². The standard InChI is InChI=1S/C22H24ClN3OS/c1-25-10-12-26(13-11-25)15-17-8-6-16(7-9-17)14-24-22(27)21-20(23)18-4-2-3-5-19(18)28-21/h2-9H,10-15H2,1H3,(H,24,27). The molecule has 0 spiro atoms. The van der Waals surface area contributed by atoms with E-state index in [1.54, 1.807) is 0 Å². The van der Waals surface area contributed by atoms with Gasteiger partial charge in [0, 0.05) is 49.4 Å². The summed E-state index contributed by atoms with van der Waals surface area (Å²) in [5, 5.41) is 4.47. The van der Waals surface area contributed by atoms with E-state index in [0.717, 1.165) is 48.4 Å². The van der Waals surface area contributed by atoms with Gasteiger partial charge in [0.05, 0.1) is 5.02 Å². The molecule has 0 unspecified atom stereocenters. The van der Waals surface area contributed by atoms with E-state index >= 15 is 0 Å². The van der Waals surface area contributed by atoms with Crippen LogP contribution in [0.25, 0.3) is 10.1 Å². The summed E-state index contributed by atoms with van der Waals surface area (Å²) in [5.41, 5.74) is 2.40. The molecule has 4 nitrogen and oxygen atoms in total. The molecule has 4 rings (SSSR count). The number of carbonyl (C=O) groups excluding carboxylic acids is 1. The van der Waals surface area contributed by atoms with Gasteiger partial charge < -0.3 is 10.2 Å². The van der Waals surface area contributed by atoms with Gasteiger partial charge in [0.2, 0.25) is 0 Å². The van der Waals surface area contributed by atoms with Crippen molar-refractivity contribution in [3.63, 3.8) is 0 Å². The van der Waals surface area contributed by atoms with Crippen LogP contribution in [0.15, 0.2) is 48.5 Å². The van der Waals surface area contributed by atoms with Crippen molar-refractivity contribution < 1.29 is 4.79 Å². The average molecular weight is 414 g/mol. The Hall–Kier alpha value is -1.92. The summed E-state index contributed by atoms with van der Waals surface area (Å²) in [6.45, 7) is 5.97. The lowest BCUT2D eigenvalue weighted by Gasteiger charge is -2.32. The van der Waals surface area contributed by atoms with Gasteiger partial charge in [-0.2, -0.15) is 0 Å². The number of rotatable bonds is 5. The summed E-state index contributed by atoms with van der Waals surface area (Å²) in [5.74, 6) is -0.118. The number of amides is 1. The molecule has 1 N–H and O–H groups in total. The Morgan fingerprint density at radius 3 is 2.43 bits per heavy atom. The Bertz CT molecular complexity index is 962. The molecule has 0 radical (unpaired) electrons. The topological polar surface area (TPSA) is 35.6 Å². The zero-order chi connectivity index (χ0) is 19.5. The van der Waals surface area contributed by atoms with E-state index < -0.39 is 0 Å². The van der Waals surface area contributed by atoms with E-state index in [4.69, 9.17) is 11.6 Å². The smallest absolute Gasteiger partial charge is 0.263 e. The minimum Gasteiger partial charge on any atom is -0.347 e. The molecule has 1 aromatic heterocycles. The van der Waals surface area contributed by atoms with Crippen molar-refractivity contribution in [1.82, 2.24) is 15.1 Å². The zero-order valence-electron chi connectivity index (χ0n) is 16.0. The minimum absolute atomic E-state index is 0.118. The zero-order valence-corrected chi connectivity index (χ0v) is 17.5. The number of nitrogens with zero attached hydrogens (tertiary/aromatic N) is 2. The largest absolute Gasteiger partial charge is 0.347 e. The summed E-state index contributed by atoms with van der Waals surface area (Å²) in [6.07, 6.45) is 0. The molecule has 3 aromatic rings. The van der Waals surface area contributed by atoms with E-state index in [2.05, 4.69) is 46.4 Å². The van der Waals surface area contributed by atoms with Gasteiger partial charge in [-0.15, -0.1) is 11.3 Å². The lowest BCUT2D eigenvalue weighted by Crippen LogP contribution is -2.43. The highest BCUT2D eigenvalue weighted by Gasteiger charge is 2.17. The van der Waals surface area contributed by atoms with Crippen molar-refractivity contribution in [2.75, 3.05) is 33.2 Å². The molecule has 0 saturated carbocycles. The number of piperazine rings is 1. The van der Waals surface area contributed by atoms with E-state index in [0.29, 0.717) is 16.4 Å². The van der Waals surface area contributed by atoms with Crippen LogP contribution in [0.5, 0.6) is 0 Å². The van der Waals surface area contributed by atoms with E-state index in [9.17, 15) is 4.79 Å². The summed E-state index contributed by atoms with van der Waals surface area (Å²) in [4.78, 5) is 18.0. The van der Waals surface area contributed by atoms with Crippen molar-refractivity contribution in [3.8, 4) is 0 Å². The minimum atomic E-state index is -0.118. The molecule has 0 aliphatic carbocycles. The molecule has 0 atom stereocenters. The van der Waals surface area contributed by atoms with Crippen molar-refractivity contribution in [2.24, 2.45) is 0 Å². The molecule has 1 aliphatic heterocycles. The fraction of sp³-hybridized carbons (Fsp3) is 0.318. The number of halogens is 1. The average Bonchev–Trinajstić information content (AvgIpc) is 3.06. The molecule has 28 heavy (non-hydrogen) atoms. The first-order valence-corrected chi connectivity index (χ1v) is 10.7. The van der Waals surface area contributed by atoms with Gasteiger partial charge in [-0.05, 0) is 24.2 Å². The van der Waals surface area contributed by atoms with Crippen LogP contribution in [0.1, 0.15) is 20.8 Å². The highest BCUT2D eigenvalue weighted by molar-refractivity contribution is 7.21. The summed E-state index contributed by atoms with van der Waals surface area (Å²) < 4.78 is 1.03. The second-order valence-corrected chi connectivity index (χ2v) is 8.75. The SMILES string of the molecule is CN1CCN(Cc2ccc(CNC(=O)c3sc4ccccc4c3Cl)cc2)CC1. The number of hydrogen-bond donors (Lipinski definition) is 1. The van der Waals surface area contributed by atoms with Crippen LogP contribution in [-0.4, -0.2) is 48.9 Å². The first kappa shape index (κ1) is 19.4. The maximum atomic E-state index is 12.6. The van der Waals surface area contributed by atoms with Crippen molar-refractivity contribution in [2.45, 2.75) is 13.1 Å². The Morgan fingerprint density at radius 1 is 1.04 bits per heavy atom. The number of likely N-dealkylation sites (N-methyl/N-ethyl adjacent to an activating group) is 1. The maximum absolute atomic E-state index is 12.6. The van der Waals surface area contributed by atoms with Gasteiger partial charge in [0.15, 0.2) is 0 Å². The number of nitrogens with one attached hydrogen (secondary N) is 1. The van der Waals surface area contributed by atoms with E-state index in [1.807, 2.05) is 24.3 Å². The molecule has 2 heterocycles. The quantitative estimate of drug-likeness (QED) is 0.679. The summed E-state index contributed by atoms with van der Waals surface area (Å²) >= 11 is 7.83. The number of benzene rings is 2. The lowest BCUT2D eigenvalue weighted by atomic mass is 10.1. The molecule has 1 amide bonds. The molecular formula is C22H24ClN3OS. The Morgan fingerprint density at radius 2 is 1.71 bits per heavy atom. The molecule has 1 saturated heterocycles. The third-order valence-electron chi connectivity index (χ3n) is 5.22. The summed E-state index contributed by atoms with van der Waals surface area (Å²) in [6, 6.07) is 16.3. The molecule has 6 heteroatoms. The van der Waals surface area contributed by atoms with Crippen LogP contribution in [0.4, 0.5) is 0 Å². The monoisotopic (exact) mass is 413 g/mol. The molecule has 146 valence electrons. The molecule has 1 aliphatic rings. The van der Waals surface area contributed by atoms with E-state index in [1.165, 1.54) is 16.9 Å². The van der Waals surface area contributed by atoms with Crippen LogP contribution < -0.4 is 5.32 Å². The molecule has 1 fully saturated rings. The van der Waals surface area contributed by atoms with Crippen LogP contribution in [0.3, 0.4) is 0 Å². The van der Waals surface area contributed by atoms with Crippen molar-refractivity contribution in [3.05, 3.63) is 69.6 Å². The second-order valence-electron chi connectivity index (χ2n) is 7.32. The Kier molecular flexibility index (Phi) is 5.97. The first-order chi connectivity index (χ1) is 13.6. The Labute approximate surface area is 174 Å². The number of carbonyl (C=O) groups is 1. The van der Waals surface area contributed by atoms with Gasteiger partial charge in [0.25, 0.3) is 5.91 Å². The van der Waals surface area contributed by atoms with Gasteiger partial charge in [-0.3, -0.25) is 9.69 Å². The summed E-state index contributed by atoms with van der Waals surface area (Å²) in [7, 11) is 2.17. The fourth-order valence-corrected chi connectivity index (χ4v) is 4.88. The number of thiophene rings is 1. The number of fused-ring (bicyclic) bond motifs is 1. The van der Waals surface area contributed by atoms with E-state index in [-0.39, 0.29) is 5.91 Å². The predicted molar refractivity (Wildman–Crippen MR) is 117 cm³/mol. The van der Waals surface area contributed by atoms with Gasteiger partial charge in [-0.25, -0.2) is 0 Å². The van der Waals surface area contributed by atoms with Crippen LogP contribution in [0.2, 0.25) is 5.02 Å². The van der Waals surface area contributed by atoms with Crippen LogP contribution >= 0.6 is 22.9 Å². The van der Waals surface area contributed by atoms with Crippen molar-refractivity contribution in [1.29, 1.82) is 0 Å². The normalized spacial score (nSPS) is 15.8. The van der Waals surface area contributed by atoms with Gasteiger partial charge in [0.1, 0.15) is 4.88 Å². The Balaban J connectivity index is 1.34. The van der Waals surface area contributed by atoms with Crippen LogP contribution in [-0.2, 0) is 13.1 Å². The molecule has 2 aromatic carbocycles.